The molecule has 2 heterocycles. The lowest BCUT2D eigenvalue weighted by molar-refractivity contribution is 0.0946. The Morgan fingerprint density at radius 3 is 2.67 bits per heavy atom. The first-order chi connectivity index (χ1) is 10.1. The van der Waals surface area contributed by atoms with Crippen molar-refractivity contribution in [3.8, 4) is 0 Å². The van der Waals surface area contributed by atoms with Crippen LogP contribution in [0, 0.1) is 13.8 Å². The van der Waals surface area contributed by atoms with Gasteiger partial charge >= 0.3 is 0 Å². The minimum atomic E-state index is -0.201. The number of carbonyl (C=O) groups excluding carboxylic acids is 1. The van der Waals surface area contributed by atoms with Crippen LogP contribution in [0.5, 0.6) is 0 Å². The zero-order valence-corrected chi connectivity index (χ0v) is 13.4. The van der Waals surface area contributed by atoms with E-state index in [2.05, 4.69) is 47.4 Å². The lowest BCUT2D eigenvalue weighted by atomic mass is 10.3. The number of hydrogen-bond donors (Lipinski definition) is 2. The molecule has 0 aliphatic rings. The molecule has 2 N–H and O–H groups in total. The summed E-state index contributed by atoms with van der Waals surface area (Å²) in [6.45, 7) is 7.60. The normalized spacial score (nSPS) is 10.4. The van der Waals surface area contributed by atoms with Crippen molar-refractivity contribution in [2.45, 2.75) is 33.7 Å². The summed E-state index contributed by atoms with van der Waals surface area (Å²) in [6, 6.07) is 2.10. The van der Waals surface area contributed by atoms with Crippen LogP contribution in [-0.2, 0) is 6.54 Å². The Balaban J connectivity index is 1.90. The number of aromatic nitrogens is 2. The molecule has 0 bridgehead atoms. The van der Waals surface area contributed by atoms with E-state index in [9.17, 15) is 4.79 Å². The van der Waals surface area contributed by atoms with Crippen LogP contribution in [0.2, 0.25) is 0 Å². The van der Waals surface area contributed by atoms with Gasteiger partial charge in [0.05, 0.1) is 18.9 Å². The van der Waals surface area contributed by atoms with Crippen molar-refractivity contribution < 1.29 is 4.79 Å². The molecule has 112 valence electrons. The van der Waals surface area contributed by atoms with Crippen LogP contribution in [-0.4, -0.2) is 22.4 Å². The summed E-state index contributed by atoms with van der Waals surface area (Å²) >= 11 is 1.70. The Kier molecular flexibility index (Phi) is 5.27. The van der Waals surface area contributed by atoms with Gasteiger partial charge in [-0.2, -0.15) is 0 Å². The fourth-order valence-corrected chi connectivity index (χ4v) is 2.78. The Bertz CT molecular complexity index is 587. The number of aryl methyl sites for hydroxylation is 2. The van der Waals surface area contributed by atoms with E-state index in [4.69, 9.17) is 0 Å². The average Bonchev–Trinajstić information content (AvgIpc) is 2.82. The van der Waals surface area contributed by atoms with E-state index in [1.807, 2.05) is 0 Å². The number of hydrogen-bond acceptors (Lipinski definition) is 5. The third-order valence-corrected chi connectivity index (χ3v) is 4.23. The highest BCUT2D eigenvalue weighted by atomic mass is 32.1. The molecule has 0 saturated heterocycles. The van der Waals surface area contributed by atoms with Crippen molar-refractivity contribution in [3.05, 3.63) is 39.5 Å². The van der Waals surface area contributed by atoms with E-state index in [1.165, 1.54) is 16.6 Å². The summed E-state index contributed by atoms with van der Waals surface area (Å²) in [6.07, 6.45) is 4.10. The molecule has 0 fully saturated rings. The van der Waals surface area contributed by atoms with E-state index in [0.717, 1.165) is 17.8 Å². The van der Waals surface area contributed by atoms with Crippen LogP contribution >= 0.6 is 11.3 Å². The molecule has 2 rings (SSSR count). The van der Waals surface area contributed by atoms with Crippen LogP contribution < -0.4 is 10.6 Å². The molecule has 2 aromatic rings. The Labute approximate surface area is 128 Å². The SMILES string of the molecule is CCCNc1cnc(C(=O)NCc2cc(C)c(C)s2)cn1. The van der Waals surface area contributed by atoms with Crippen LogP contribution in [0.3, 0.4) is 0 Å². The van der Waals surface area contributed by atoms with Gasteiger partial charge < -0.3 is 10.6 Å². The maximum absolute atomic E-state index is 12.0. The summed E-state index contributed by atoms with van der Waals surface area (Å²) in [5, 5.41) is 5.99. The zero-order chi connectivity index (χ0) is 15.2. The summed E-state index contributed by atoms with van der Waals surface area (Å²) in [5.74, 6) is 0.492. The van der Waals surface area contributed by atoms with E-state index in [0.29, 0.717) is 18.1 Å². The van der Waals surface area contributed by atoms with Crippen molar-refractivity contribution >= 4 is 23.1 Å². The summed E-state index contributed by atoms with van der Waals surface area (Å²) in [7, 11) is 0. The predicted molar refractivity (Wildman–Crippen MR) is 85.8 cm³/mol. The molecular weight excluding hydrogens is 284 g/mol. The standard InChI is InChI=1S/C15H20N4OS/c1-4-5-16-14-9-17-13(8-18-14)15(20)19-7-12-6-10(2)11(3)21-12/h6,8-9H,4-5,7H2,1-3H3,(H,16,18)(H,19,20). The molecule has 0 radical (unpaired) electrons. The molecule has 0 aliphatic heterocycles. The van der Waals surface area contributed by atoms with Gasteiger partial charge in [0.25, 0.3) is 5.91 Å². The van der Waals surface area contributed by atoms with Gasteiger partial charge in [-0.15, -0.1) is 11.3 Å². The number of rotatable bonds is 6. The second kappa shape index (κ2) is 7.17. The summed E-state index contributed by atoms with van der Waals surface area (Å²) in [5.41, 5.74) is 1.59. The van der Waals surface area contributed by atoms with Crippen molar-refractivity contribution in [2.75, 3.05) is 11.9 Å². The van der Waals surface area contributed by atoms with Crippen molar-refractivity contribution in [1.29, 1.82) is 0 Å². The summed E-state index contributed by atoms with van der Waals surface area (Å²) in [4.78, 5) is 22.7. The molecular formula is C15H20N4OS. The number of thiophene rings is 1. The van der Waals surface area contributed by atoms with Gasteiger partial charge in [0, 0.05) is 16.3 Å². The number of amides is 1. The third-order valence-electron chi connectivity index (χ3n) is 3.08. The first-order valence-electron chi connectivity index (χ1n) is 7.00. The molecule has 0 aliphatic carbocycles. The van der Waals surface area contributed by atoms with Crippen molar-refractivity contribution in [3.63, 3.8) is 0 Å². The number of anilines is 1. The Hall–Kier alpha value is -1.95. The number of carbonyl (C=O) groups is 1. The fourth-order valence-electron chi connectivity index (χ4n) is 1.78. The van der Waals surface area contributed by atoms with Gasteiger partial charge in [-0.3, -0.25) is 4.79 Å². The first kappa shape index (κ1) is 15.4. The first-order valence-corrected chi connectivity index (χ1v) is 7.81. The average molecular weight is 304 g/mol. The minimum Gasteiger partial charge on any atom is -0.369 e. The van der Waals surface area contributed by atoms with E-state index < -0.39 is 0 Å². The molecule has 0 aromatic carbocycles. The van der Waals surface area contributed by atoms with E-state index in [1.54, 1.807) is 17.5 Å². The Morgan fingerprint density at radius 1 is 1.29 bits per heavy atom. The van der Waals surface area contributed by atoms with Gasteiger partial charge in [-0.1, -0.05) is 6.92 Å². The maximum atomic E-state index is 12.0. The lowest BCUT2D eigenvalue weighted by Gasteiger charge is -2.05. The van der Waals surface area contributed by atoms with Crippen LogP contribution in [0.15, 0.2) is 18.5 Å². The quantitative estimate of drug-likeness (QED) is 0.861. The molecule has 21 heavy (non-hydrogen) atoms. The molecule has 1 amide bonds. The van der Waals surface area contributed by atoms with Crippen LogP contribution in [0.4, 0.5) is 5.82 Å². The van der Waals surface area contributed by atoms with Crippen molar-refractivity contribution in [2.24, 2.45) is 0 Å². The van der Waals surface area contributed by atoms with Crippen molar-refractivity contribution in [1.82, 2.24) is 15.3 Å². The lowest BCUT2D eigenvalue weighted by Crippen LogP contribution is -2.23. The second-order valence-electron chi connectivity index (χ2n) is 4.85. The highest BCUT2D eigenvalue weighted by molar-refractivity contribution is 7.12. The minimum absolute atomic E-state index is 0.201. The molecule has 2 aromatic heterocycles. The second-order valence-corrected chi connectivity index (χ2v) is 6.19. The maximum Gasteiger partial charge on any atom is 0.271 e. The zero-order valence-electron chi connectivity index (χ0n) is 12.6. The molecule has 0 atom stereocenters. The molecule has 0 saturated carbocycles. The highest BCUT2D eigenvalue weighted by Gasteiger charge is 2.09. The molecule has 0 unspecified atom stereocenters. The van der Waals surface area contributed by atoms with Crippen LogP contribution in [0.1, 0.15) is 39.2 Å². The molecule has 5 nitrogen and oxygen atoms in total. The fraction of sp³-hybridized carbons (Fsp3) is 0.400. The highest BCUT2D eigenvalue weighted by Crippen LogP contribution is 2.20. The van der Waals surface area contributed by atoms with Gasteiger partial charge in [0.1, 0.15) is 11.5 Å². The Morgan fingerprint density at radius 2 is 2.10 bits per heavy atom. The topological polar surface area (TPSA) is 66.9 Å². The largest absolute Gasteiger partial charge is 0.369 e. The summed E-state index contributed by atoms with van der Waals surface area (Å²) < 4.78 is 0. The van der Waals surface area contributed by atoms with Gasteiger partial charge in [0.2, 0.25) is 0 Å². The van der Waals surface area contributed by atoms with E-state index in [-0.39, 0.29) is 5.91 Å². The number of nitrogens with zero attached hydrogens (tertiary/aromatic N) is 2. The van der Waals surface area contributed by atoms with Crippen LogP contribution in [0.25, 0.3) is 0 Å². The molecule has 0 spiro atoms. The van der Waals surface area contributed by atoms with Gasteiger partial charge in [-0.05, 0) is 31.9 Å². The van der Waals surface area contributed by atoms with Gasteiger partial charge in [-0.25, -0.2) is 9.97 Å². The monoisotopic (exact) mass is 304 g/mol. The van der Waals surface area contributed by atoms with Gasteiger partial charge in [0.15, 0.2) is 0 Å². The number of nitrogens with one attached hydrogen (secondary N) is 2. The molecule has 6 heteroatoms. The van der Waals surface area contributed by atoms with E-state index >= 15 is 0 Å². The smallest absolute Gasteiger partial charge is 0.271 e. The predicted octanol–water partition coefficient (Wildman–Crippen LogP) is 2.91. The third kappa shape index (κ3) is 4.26.